The molecular weight excluding hydrogens is 268 g/mol. The first kappa shape index (κ1) is 15.8. The lowest BCUT2D eigenvalue weighted by molar-refractivity contribution is -0.0355. The highest BCUT2D eigenvalue weighted by molar-refractivity contribution is 5.88. The summed E-state index contributed by atoms with van der Waals surface area (Å²) < 4.78 is 7.41. The van der Waals surface area contributed by atoms with Crippen molar-refractivity contribution >= 4 is 11.8 Å². The van der Waals surface area contributed by atoms with E-state index >= 15 is 0 Å². The van der Waals surface area contributed by atoms with Crippen LogP contribution in [0.25, 0.3) is 0 Å². The molecule has 1 saturated heterocycles. The molecule has 1 N–H and O–H groups in total. The van der Waals surface area contributed by atoms with Crippen LogP contribution in [0.5, 0.6) is 0 Å². The molecule has 118 valence electrons. The Bertz CT molecular complexity index is 472. The summed E-state index contributed by atoms with van der Waals surface area (Å²) in [5, 5.41) is 7.26. The summed E-state index contributed by atoms with van der Waals surface area (Å²) in [6.45, 7) is 10.4. The number of rotatable bonds is 4. The minimum Gasteiger partial charge on any atom is -0.375 e. The molecule has 2 amide bonds. The molecule has 1 aliphatic rings. The van der Waals surface area contributed by atoms with Gasteiger partial charge in [-0.05, 0) is 26.2 Å². The molecule has 0 unspecified atom stereocenters. The fraction of sp³-hybridized carbons (Fsp3) is 0.733. The number of nitrogens with one attached hydrogen (secondary N) is 1. The number of urea groups is 1. The van der Waals surface area contributed by atoms with E-state index < -0.39 is 0 Å². The van der Waals surface area contributed by atoms with Gasteiger partial charge in [-0.2, -0.15) is 5.10 Å². The topological polar surface area (TPSA) is 59.4 Å². The van der Waals surface area contributed by atoms with E-state index in [2.05, 4.69) is 24.3 Å². The number of nitrogens with zero attached hydrogens (tertiary/aromatic N) is 3. The van der Waals surface area contributed by atoms with Gasteiger partial charge in [0.2, 0.25) is 0 Å². The Hall–Kier alpha value is -1.56. The third kappa shape index (κ3) is 4.20. The zero-order valence-electron chi connectivity index (χ0n) is 13.4. The van der Waals surface area contributed by atoms with Crippen LogP contribution in [0.3, 0.4) is 0 Å². The molecule has 0 aromatic carbocycles. The smallest absolute Gasteiger partial charge is 0.323 e. The number of anilines is 1. The molecule has 2 atom stereocenters. The van der Waals surface area contributed by atoms with Crippen LogP contribution in [0.1, 0.15) is 34.1 Å². The second-order valence-electron chi connectivity index (χ2n) is 6.09. The summed E-state index contributed by atoms with van der Waals surface area (Å²) >= 11 is 0. The van der Waals surface area contributed by atoms with Crippen LogP contribution in [0.2, 0.25) is 0 Å². The van der Waals surface area contributed by atoms with Gasteiger partial charge in [-0.25, -0.2) is 4.79 Å². The van der Waals surface area contributed by atoms with Crippen LogP contribution in [0.4, 0.5) is 10.6 Å². The largest absolute Gasteiger partial charge is 0.375 e. The van der Waals surface area contributed by atoms with Crippen molar-refractivity contribution in [3.63, 3.8) is 0 Å². The lowest BCUT2D eigenvalue weighted by Crippen LogP contribution is -2.52. The van der Waals surface area contributed by atoms with Crippen LogP contribution in [-0.4, -0.2) is 46.0 Å². The van der Waals surface area contributed by atoms with Gasteiger partial charge in [0, 0.05) is 25.4 Å². The zero-order valence-corrected chi connectivity index (χ0v) is 13.4. The first-order chi connectivity index (χ1) is 9.97. The van der Waals surface area contributed by atoms with E-state index in [4.69, 9.17) is 4.74 Å². The summed E-state index contributed by atoms with van der Waals surface area (Å²) in [6.07, 6.45) is 3.05. The molecule has 21 heavy (non-hydrogen) atoms. The van der Waals surface area contributed by atoms with Gasteiger partial charge in [0.05, 0.1) is 18.8 Å². The molecule has 1 aliphatic heterocycles. The first-order valence-corrected chi connectivity index (χ1v) is 7.70. The Morgan fingerprint density at radius 1 is 1.52 bits per heavy atom. The summed E-state index contributed by atoms with van der Waals surface area (Å²) in [5.41, 5.74) is 0. The lowest BCUT2D eigenvalue weighted by atomic mass is 10.1. The van der Waals surface area contributed by atoms with Crippen molar-refractivity contribution in [3.05, 3.63) is 12.3 Å². The molecule has 6 heteroatoms. The maximum atomic E-state index is 12.3. The molecule has 2 heterocycles. The normalized spacial score (nSPS) is 22.6. The number of morpholine rings is 1. The average molecular weight is 294 g/mol. The second kappa shape index (κ2) is 6.93. The molecule has 1 aromatic heterocycles. The van der Waals surface area contributed by atoms with Crippen molar-refractivity contribution in [2.45, 2.75) is 52.8 Å². The van der Waals surface area contributed by atoms with Crippen molar-refractivity contribution in [3.8, 4) is 0 Å². The monoisotopic (exact) mass is 294 g/mol. The van der Waals surface area contributed by atoms with Gasteiger partial charge in [-0.1, -0.05) is 13.8 Å². The van der Waals surface area contributed by atoms with E-state index in [1.54, 1.807) is 4.90 Å². The minimum absolute atomic E-state index is 0.0631. The highest BCUT2D eigenvalue weighted by Crippen LogP contribution is 2.15. The van der Waals surface area contributed by atoms with Crippen LogP contribution >= 0.6 is 0 Å². The maximum absolute atomic E-state index is 12.3. The summed E-state index contributed by atoms with van der Waals surface area (Å²) in [5.74, 6) is 1.25. The van der Waals surface area contributed by atoms with Crippen LogP contribution in [0, 0.1) is 5.92 Å². The molecule has 6 nitrogen and oxygen atoms in total. The highest BCUT2D eigenvalue weighted by Gasteiger charge is 2.29. The number of amides is 2. The average Bonchev–Trinajstić information content (AvgIpc) is 2.87. The molecule has 0 aliphatic carbocycles. The van der Waals surface area contributed by atoms with Crippen molar-refractivity contribution in [1.29, 1.82) is 0 Å². The van der Waals surface area contributed by atoms with E-state index in [0.29, 0.717) is 24.9 Å². The SMILES string of the molecule is CC(C)CCn1ccc(NC(=O)N2CCO[C@@H](C)[C@@H]2C)n1. The molecule has 0 saturated carbocycles. The predicted molar refractivity (Wildman–Crippen MR) is 82.3 cm³/mol. The van der Waals surface area contributed by atoms with Gasteiger partial charge >= 0.3 is 6.03 Å². The van der Waals surface area contributed by atoms with Crippen LogP contribution in [0.15, 0.2) is 12.3 Å². The minimum atomic E-state index is -0.105. The van der Waals surface area contributed by atoms with Gasteiger partial charge in [0.25, 0.3) is 0 Å². The number of hydrogen-bond donors (Lipinski definition) is 1. The third-order valence-electron chi connectivity index (χ3n) is 3.96. The number of aryl methyl sites for hydroxylation is 1. The maximum Gasteiger partial charge on any atom is 0.323 e. The van der Waals surface area contributed by atoms with Gasteiger partial charge in [0.1, 0.15) is 0 Å². The molecule has 0 radical (unpaired) electrons. The molecule has 1 fully saturated rings. The first-order valence-electron chi connectivity index (χ1n) is 7.70. The van der Waals surface area contributed by atoms with Crippen molar-refractivity contribution in [2.75, 3.05) is 18.5 Å². The summed E-state index contributed by atoms with van der Waals surface area (Å²) in [6, 6.07) is 1.81. The van der Waals surface area contributed by atoms with Crippen molar-refractivity contribution < 1.29 is 9.53 Å². The van der Waals surface area contributed by atoms with E-state index in [0.717, 1.165) is 13.0 Å². The lowest BCUT2D eigenvalue weighted by Gasteiger charge is -2.37. The summed E-state index contributed by atoms with van der Waals surface area (Å²) in [4.78, 5) is 14.1. The number of ether oxygens (including phenoxy) is 1. The van der Waals surface area contributed by atoms with E-state index in [1.807, 2.05) is 30.8 Å². The number of carbonyl (C=O) groups excluding carboxylic acids is 1. The Kier molecular flexibility index (Phi) is 5.22. The van der Waals surface area contributed by atoms with Gasteiger partial charge < -0.3 is 9.64 Å². The van der Waals surface area contributed by atoms with E-state index in [1.165, 1.54) is 0 Å². The summed E-state index contributed by atoms with van der Waals surface area (Å²) in [7, 11) is 0. The molecule has 1 aromatic rings. The standard InChI is InChI=1S/C15H26N4O2/c1-11(2)5-7-18-8-6-14(17-18)16-15(20)19-9-10-21-13(4)12(19)3/h6,8,11-13H,5,7,9-10H2,1-4H3,(H,16,17,20)/t12-,13-/m0/s1. The Morgan fingerprint density at radius 3 is 3.00 bits per heavy atom. The van der Waals surface area contributed by atoms with Crippen molar-refractivity contribution in [1.82, 2.24) is 14.7 Å². The fourth-order valence-electron chi connectivity index (χ4n) is 2.34. The molecular formula is C15H26N4O2. The van der Waals surface area contributed by atoms with Crippen molar-refractivity contribution in [2.24, 2.45) is 5.92 Å². The molecule has 2 rings (SSSR count). The molecule has 0 spiro atoms. The van der Waals surface area contributed by atoms with Gasteiger partial charge in [-0.15, -0.1) is 0 Å². The van der Waals surface area contributed by atoms with Gasteiger partial charge in [-0.3, -0.25) is 10.00 Å². The Labute approximate surface area is 126 Å². The molecule has 0 bridgehead atoms. The van der Waals surface area contributed by atoms with Crippen LogP contribution in [-0.2, 0) is 11.3 Å². The number of carbonyl (C=O) groups is 1. The Morgan fingerprint density at radius 2 is 2.29 bits per heavy atom. The number of hydrogen-bond acceptors (Lipinski definition) is 3. The van der Waals surface area contributed by atoms with Gasteiger partial charge in [0.15, 0.2) is 5.82 Å². The predicted octanol–water partition coefficient (Wildman–Crippen LogP) is 2.57. The van der Waals surface area contributed by atoms with Crippen LogP contribution < -0.4 is 5.32 Å². The number of aromatic nitrogens is 2. The zero-order chi connectivity index (χ0) is 15.4. The van der Waals surface area contributed by atoms with E-state index in [-0.39, 0.29) is 18.2 Å². The van der Waals surface area contributed by atoms with E-state index in [9.17, 15) is 4.79 Å². The Balaban J connectivity index is 1.90. The fourth-order valence-corrected chi connectivity index (χ4v) is 2.34. The highest BCUT2D eigenvalue weighted by atomic mass is 16.5. The quantitative estimate of drug-likeness (QED) is 0.928. The third-order valence-corrected chi connectivity index (χ3v) is 3.96. The second-order valence-corrected chi connectivity index (χ2v) is 6.09.